The molecule has 10 heteroatoms. The molecular formula is C22H19F2N5O2S. The van der Waals surface area contributed by atoms with E-state index in [0.717, 1.165) is 0 Å². The summed E-state index contributed by atoms with van der Waals surface area (Å²) in [4.78, 5) is 23.4. The normalized spacial score (nSPS) is 13.8. The maximum absolute atomic E-state index is 13.4. The zero-order chi connectivity index (χ0) is 22.7. The number of aryl methyl sites for hydroxylation is 1. The lowest BCUT2D eigenvalue weighted by Crippen LogP contribution is -2.43. The van der Waals surface area contributed by atoms with Crippen LogP contribution in [0.15, 0.2) is 36.4 Å². The Morgan fingerprint density at radius 1 is 1.22 bits per heavy atom. The SMILES string of the molecule is Cc1cc(-c2sc(NC(=O)N3CCOCC3)nc2-c2cccc(C#N)c2)cc(C(F)F)n1. The second-order valence-corrected chi connectivity index (χ2v) is 8.14. The van der Waals surface area contributed by atoms with Gasteiger partial charge in [0.15, 0.2) is 5.13 Å². The summed E-state index contributed by atoms with van der Waals surface area (Å²) in [5.74, 6) is 0. The number of urea groups is 1. The highest BCUT2D eigenvalue weighted by Crippen LogP contribution is 2.40. The largest absolute Gasteiger partial charge is 0.378 e. The summed E-state index contributed by atoms with van der Waals surface area (Å²) >= 11 is 1.19. The molecule has 1 aliphatic heterocycles. The van der Waals surface area contributed by atoms with Crippen LogP contribution in [0.3, 0.4) is 0 Å². The number of nitriles is 1. The van der Waals surface area contributed by atoms with Crippen LogP contribution in [0.4, 0.5) is 18.7 Å². The number of hydrogen-bond acceptors (Lipinski definition) is 6. The Morgan fingerprint density at radius 3 is 2.72 bits per heavy atom. The summed E-state index contributed by atoms with van der Waals surface area (Å²) in [6, 6.07) is 11.7. The minimum absolute atomic E-state index is 0.301. The van der Waals surface area contributed by atoms with Crippen molar-refractivity contribution in [3.8, 4) is 27.8 Å². The third-order valence-corrected chi connectivity index (χ3v) is 5.88. The highest BCUT2D eigenvalue weighted by molar-refractivity contribution is 7.19. The number of pyridine rings is 1. The first-order valence-electron chi connectivity index (χ1n) is 9.86. The van der Waals surface area contributed by atoms with Crippen molar-refractivity contribution >= 4 is 22.5 Å². The summed E-state index contributed by atoms with van der Waals surface area (Å²) in [6.45, 7) is 3.53. The van der Waals surface area contributed by atoms with Gasteiger partial charge in [-0.3, -0.25) is 10.3 Å². The number of alkyl halides is 2. The molecule has 4 rings (SSSR count). The fraction of sp³-hybridized carbons (Fsp3) is 0.273. The van der Waals surface area contributed by atoms with Crippen molar-refractivity contribution in [2.24, 2.45) is 0 Å². The molecule has 1 N–H and O–H groups in total. The van der Waals surface area contributed by atoms with Gasteiger partial charge in [-0.1, -0.05) is 23.5 Å². The van der Waals surface area contributed by atoms with E-state index in [1.165, 1.54) is 17.4 Å². The molecule has 0 atom stereocenters. The molecule has 3 heterocycles. The molecule has 0 saturated carbocycles. The lowest BCUT2D eigenvalue weighted by Gasteiger charge is -2.26. The maximum atomic E-state index is 13.4. The van der Waals surface area contributed by atoms with Crippen LogP contribution in [0, 0.1) is 18.3 Å². The first-order chi connectivity index (χ1) is 15.4. The van der Waals surface area contributed by atoms with E-state index >= 15 is 0 Å². The number of morpholine rings is 1. The van der Waals surface area contributed by atoms with Gasteiger partial charge in [-0.05, 0) is 36.8 Å². The maximum Gasteiger partial charge on any atom is 0.323 e. The fourth-order valence-corrected chi connectivity index (χ4v) is 4.34. The standard InChI is InChI=1S/C22H19F2N5O2S/c1-13-9-16(11-17(26-13)20(23)24)19-18(15-4-2-3-14(10-15)12-25)27-21(32-19)28-22(30)29-5-7-31-8-6-29/h2-4,9-11,20H,5-8H2,1H3,(H,27,28,30). The van der Waals surface area contributed by atoms with Crippen LogP contribution in [0.5, 0.6) is 0 Å². The minimum atomic E-state index is -2.72. The molecule has 32 heavy (non-hydrogen) atoms. The summed E-state index contributed by atoms with van der Waals surface area (Å²) < 4.78 is 32.0. The van der Waals surface area contributed by atoms with Crippen molar-refractivity contribution in [3.05, 3.63) is 53.3 Å². The van der Waals surface area contributed by atoms with Gasteiger partial charge in [0.2, 0.25) is 0 Å². The highest BCUT2D eigenvalue weighted by Gasteiger charge is 2.22. The van der Waals surface area contributed by atoms with Gasteiger partial charge in [0.25, 0.3) is 6.43 Å². The van der Waals surface area contributed by atoms with Crippen LogP contribution in [-0.2, 0) is 4.74 Å². The van der Waals surface area contributed by atoms with Gasteiger partial charge in [0, 0.05) is 24.3 Å². The summed E-state index contributed by atoms with van der Waals surface area (Å²) in [7, 11) is 0. The molecule has 0 bridgehead atoms. The van der Waals surface area contributed by atoms with Crippen molar-refractivity contribution in [2.75, 3.05) is 31.6 Å². The summed E-state index contributed by atoms with van der Waals surface area (Å²) in [5, 5.41) is 12.4. The number of aromatic nitrogens is 2. The molecule has 2 amide bonds. The van der Waals surface area contributed by atoms with E-state index < -0.39 is 6.43 Å². The van der Waals surface area contributed by atoms with E-state index in [4.69, 9.17) is 4.74 Å². The third-order valence-electron chi connectivity index (χ3n) is 4.86. The second-order valence-electron chi connectivity index (χ2n) is 7.14. The van der Waals surface area contributed by atoms with Crippen LogP contribution in [-0.4, -0.2) is 47.2 Å². The molecule has 1 aromatic carbocycles. The Labute approximate surface area is 187 Å². The Kier molecular flexibility index (Phi) is 6.39. The molecule has 0 aliphatic carbocycles. The molecule has 1 fully saturated rings. The zero-order valence-corrected chi connectivity index (χ0v) is 18.0. The van der Waals surface area contributed by atoms with Crippen LogP contribution >= 0.6 is 11.3 Å². The number of hydrogen-bond donors (Lipinski definition) is 1. The molecule has 1 aliphatic rings. The van der Waals surface area contributed by atoms with Gasteiger partial charge in [-0.2, -0.15) is 5.26 Å². The Morgan fingerprint density at radius 2 is 2.00 bits per heavy atom. The number of anilines is 1. The molecule has 7 nitrogen and oxygen atoms in total. The van der Waals surface area contributed by atoms with E-state index in [-0.39, 0.29) is 11.7 Å². The highest BCUT2D eigenvalue weighted by atomic mass is 32.1. The van der Waals surface area contributed by atoms with E-state index in [1.54, 1.807) is 42.2 Å². The number of amides is 2. The number of nitrogens with one attached hydrogen (secondary N) is 1. The van der Waals surface area contributed by atoms with Gasteiger partial charge in [0.1, 0.15) is 5.69 Å². The van der Waals surface area contributed by atoms with Crippen LogP contribution in [0.25, 0.3) is 21.7 Å². The van der Waals surface area contributed by atoms with Crippen LogP contribution < -0.4 is 5.32 Å². The second kappa shape index (κ2) is 9.38. The van der Waals surface area contributed by atoms with E-state index in [0.29, 0.717) is 64.4 Å². The monoisotopic (exact) mass is 455 g/mol. The van der Waals surface area contributed by atoms with Crippen molar-refractivity contribution < 1.29 is 18.3 Å². The molecule has 2 aromatic heterocycles. The smallest absolute Gasteiger partial charge is 0.323 e. The van der Waals surface area contributed by atoms with Crippen molar-refractivity contribution in [2.45, 2.75) is 13.3 Å². The average Bonchev–Trinajstić information content (AvgIpc) is 3.23. The zero-order valence-electron chi connectivity index (χ0n) is 17.1. The number of carbonyl (C=O) groups excluding carboxylic acids is 1. The molecule has 3 aromatic rings. The number of ether oxygens (including phenoxy) is 1. The average molecular weight is 455 g/mol. The molecule has 0 radical (unpaired) electrons. The van der Waals surface area contributed by atoms with Crippen LogP contribution in [0.1, 0.15) is 23.4 Å². The molecule has 1 saturated heterocycles. The van der Waals surface area contributed by atoms with Crippen molar-refractivity contribution in [1.29, 1.82) is 5.26 Å². The van der Waals surface area contributed by atoms with Gasteiger partial charge in [-0.15, -0.1) is 0 Å². The number of nitrogens with zero attached hydrogens (tertiary/aromatic N) is 4. The molecule has 0 spiro atoms. The number of thiazole rings is 1. The summed E-state index contributed by atoms with van der Waals surface area (Å²) in [6.07, 6.45) is -2.72. The third kappa shape index (κ3) is 4.74. The van der Waals surface area contributed by atoms with E-state index in [2.05, 4.69) is 21.4 Å². The van der Waals surface area contributed by atoms with Gasteiger partial charge in [0.05, 0.1) is 35.4 Å². The molecule has 164 valence electrons. The molecular weight excluding hydrogens is 436 g/mol. The fourth-order valence-electron chi connectivity index (χ4n) is 3.38. The Balaban J connectivity index is 1.77. The van der Waals surface area contributed by atoms with Crippen LogP contribution in [0.2, 0.25) is 0 Å². The lowest BCUT2D eigenvalue weighted by atomic mass is 10.0. The Hall–Kier alpha value is -3.42. The predicted octanol–water partition coefficient (Wildman–Crippen LogP) is 4.85. The first kappa shape index (κ1) is 21.8. The quantitative estimate of drug-likeness (QED) is 0.607. The Bertz CT molecular complexity index is 1190. The number of benzene rings is 1. The predicted molar refractivity (Wildman–Crippen MR) is 117 cm³/mol. The topological polar surface area (TPSA) is 91.1 Å². The molecule has 0 unspecified atom stereocenters. The van der Waals surface area contributed by atoms with Crippen molar-refractivity contribution in [3.63, 3.8) is 0 Å². The van der Waals surface area contributed by atoms with E-state index in [1.807, 2.05) is 0 Å². The lowest BCUT2D eigenvalue weighted by molar-refractivity contribution is 0.0564. The number of rotatable bonds is 4. The number of carbonyl (C=O) groups is 1. The van der Waals surface area contributed by atoms with Crippen molar-refractivity contribution in [1.82, 2.24) is 14.9 Å². The van der Waals surface area contributed by atoms with Gasteiger partial charge < -0.3 is 9.64 Å². The van der Waals surface area contributed by atoms with Gasteiger partial charge >= 0.3 is 6.03 Å². The van der Waals surface area contributed by atoms with E-state index in [9.17, 15) is 18.8 Å². The summed E-state index contributed by atoms with van der Waals surface area (Å²) in [5.41, 5.74) is 2.23. The minimum Gasteiger partial charge on any atom is -0.378 e. The number of halogens is 2. The first-order valence-corrected chi connectivity index (χ1v) is 10.7. The van der Waals surface area contributed by atoms with Gasteiger partial charge in [-0.25, -0.2) is 18.6 Å².